The zero-order valence-electron chi connectivity index (χ0n) is 9.82. The van der Waals surface area contributed by atoms with E-state index in [-0.39, 0.29) is 11.7 Å². The van der Waals surface area contributed by atoms with Gasteiger partial charge < -0.3 is 4.90 Å². The third-order valence-corrected chi connectivity index (χ3v) is 3.68. The van der Waals surface area contributed by atoms with Crippen LogP contribution in [0.15, 0.2) is 18.2 Å². The fourth-order valence-electron chi connectivity index (χ4n) is 2.08. The molecule has 1 unspecified atom stereocenters. The molecule has 1 heterocycles. The quantitative estimate of drug-likeness (QED) is 0.820. The van der Waals surface area contributed by atoms with E-state index in [0.717, 1.165) is 17.9 Å². The van der Waals surface area contributed by atoms with E-state index in [0.29, 0.717) is 24.4 Å². The number of hydrogen-bond acceptors (Lipinski definition) is 2. The maximum atomic E-state index is 13.4. The van der Waals surface area contributed by atoms with Crippen LogP contribution in [0, 0.1) is 18.7 Å². The Morgan fingerprint density at radius 1 is 1.53 bits per heavy atom. The molecule has 17 heavy (non-hydrogen) atoms. The van der Waals surface area contributed by atoms with E-state index < -0.39 is 0 Å². The number of amides is 1. The molecule has 2 rings (SSSR count). The summed E-state index contributed by atoms with van der Waals surface area (Å²) in [5.74, 6) is 0.996. The van der Waals surface area contributed by atoms with Gasteiger partial charge in [-0.25, -0.2) is 4.39 Å². The largest absolute Gasteiger partial charge is 0.338 e. The lowest BCUT2D eigenvalue weighted by atomic mass is 10.1. The van der Waals surface area contributed by atoms with E-state index in [2.05, 4.69) is 12.6 Å². The van der Waals surface area contributed by atoms with Crippen molar-refractivity contribution in [3.8, 4) is 0 Å². The van der Waals surface area contributed by atoms with Crippen LogP contribution in [0.25, 0.3) is 0 Å². The zero-order valence-corrected chi connectivity index (χ0v) is 10.7. The fraction of sp³-hybridized carbons (Fsp3) is 0.462. The van der Waals surface area contributed by atoms with E-state index in [1.165, 1.54) is 6.07 Å². The average molecular weight is 253 g/mol. The molecule has 1 aliphatic rings. The highest BCUT2D eigenvalue weighted by Gasteiger charge is 2.28. The van der Waals surface area contributed by atoms with Crippen LogP contribution in [0.5, 0.6) is 0 Å². The maximum Gasteiger partial charge on any atom is 0.223 e. The van der Waals surface area contributed by atoms with Crippen LogP contribution >= 0.6 is 12.6 Å². The van der Waals surface area contributed by atoms with E-state index in [1.807, 2.05) is 6.07 Å². The summed E-state index contributed by atoms with van der Waals surface area (Å²) in [7, 11) is 0. The van der Waals surface area contributed by atoms with Crippen LogP contribution in [0.2, 0.25) is 0 Å². The Kier molecular flexibility index (Phi) is 3.72. The molecule has 1 aromatic rings. The lowest BCUT2D eigenvalue weighted by molar-refractivity contribution is -0.128. The molecule has 4 heteroatoms. The van der Waals surface area contributed by atoms with Crippen molar-refractivity contribution in [1.82, 2.24) is 4.90 Å². The monoisotopic (exact) mass is 253 g/mol. The molecule has 1 aromatic carbocycles. The highest BCUT2D eigenvalue weighted by Crippen LogP contribution is 2.21. The molecule has 0 bridgehead atoms. The standard InChI is InChI=1S/C13H16FNOS/c1-9-2-3-10(4-12(9)14)6-15-7-11(8-17)5-13(15)16/h2-4,11,17H,5-8H2,1H3. The van der Waals surface area contributed by atoms with Gasteiger partial charge in [-0.15, -0.1) is 0 Å². The van der Waals surface area contributed by atoms with E-state index in [9.17, 15) is 9.18 Å². The van der Waals surface area contributed by atoms with Gasteiger partial charge in [0.1, 0.15) is 5.82 Å². The van der Waals surface area contributed by atoms with Gasteiger partial charge in [0.15, 0.2) is 0 Å². The third kappa shape index (κ3) is 2.80. The topological polar surface area (TPSA) is 20.3 Å². The molecule has 92 valence electrons. The summed E-state index contributed by atoms with van der Waals surface area (Å²) in [6.07, 6.45) is 0.567. The van der Waals surface area contributed by atoms with Crippen molar-refractivity contribution in [2.75, 3.05) is 12.3 Å². The van der Waals surface area contributed by atoms with Gasteiger partial charge in [0.25, 0.3) is 0 Å². The van der Waals surface area contributed by atoms with E-state index >= 15 is 0 Å². The minimum atomic E-state index is -0.208. The van der Waals surface area contributed by atoms with Crippen LogP contribution in [-0.4, -0.2) is 23.1 Å². The fourth-order valence-corrected chi connectivity index (χ4v) is 2.33. The smallest absolute Gasteiger partial charge is 0.223 e. The Bertz CT molecular complexity index is 435. The molecule has 1 fully saturated rings. The number of hydrogen-bond donors (Lipinski definition) is 1. The summed E-state index contributed by atoms with van der Waals surface area (Å²) in [6, 6.07) is 5.14. The molecule has 0 spiro atoms. The van der Waals surface area contributed by atoms with Crippen LogP contribution in [-0.2, 0) is 11.3 Å². The molecule has 0 radical (unpaired) electrons. The van der Waals surface area contributed by atoms with Gasteiger partial charge in [-0.2, -0.15) is 12.6 Å². The van der Waals surface area contributed by atoms with Crippen molar-refractivity contribution in [2.24, 2.45) is 5.92 Å². The van der Waals surface area contributed by atoms with Crippen LogP contribution < -0.4 is 0 Å². The molecule has 1 aliphatic heterocycles. The minimum Gasteiger partial charge on any atom is -0.338 e. The number of halogens is 1. The first-order chi connectivity index (χ1) is 8.10. The molecular formula is C13H16FNOS. The Hall–Kier alpha value is -1.03. The molecule has 1 saturated heterocycles. The molecule has 0 saturated carbocycles. The van der Waals surface area contributed by atoms with Crippen LogP contribution in [0.1, 0.15) is 17.5 Å². The summed E-state index contributed by atoms with van der Waals surface area (Å²) in [5.41, 5.74) is 1.48. The van der Waals surface area contributed by atoms with Crippen molar-refractivity contribution in [3.63, 3.8) is 0 Å². The first-order valence-electron chi connectivity index (χ1n) is 5.74. The number of carbonyl (C=O) groups is 1. The average Bonchev–Trinajstić information content (AvgIpc) is 2.65. The molecule has 2 nitrogen and oxygen atoms in total. The summed E-state index contributed by atoms with van der Waals surface area (Å²) in [5, 5.41) is 0. The zero-order chi connectivity index (χ0) is 12.4. The van der Waals surface area contributed by atoms with Gasteiger partial charge >= 0.3 is 0 Å². The summed E-state index contributed by atoms with van der Waals surface area (Å²) in [4.78, 5) is 13.5. The van der Waals surface area contributed by atoms with Gasteiger partial charge in [-0.3, -0.25) is 4.79 Å². The number of rotatable bonds is 3. The Labute approximate surface area is 106 Å². The van der Waals surface area contributed by atoms with E-state index in [4.69, 9.17) is 0 Å². The lowest BCUT2D eigenvalue weighted by Gasteiger charge is -2.16. The second-order valence-corrected chi connectivity index (χ2v) is 4.98. The third-order valence-electron chi connectivity index (χ3n) is 3.16. The first-order valence-corrected chi connectivity index (χ1v) is 6.37. The summed E-state index contributed by atoms with van der Waals surface area (Å²) in [6.45, 7) is 2.97. The number of carbonyl (C=O) groups excluding carboxylic acids is 1. The Balaban J connectivity index is 2.06. The number of aryl methyl sites for hydroxylation is 1. The number of nitrogens with zero attached hydrogens (tertiary/aromatic N) is 1. The Morgan fingerprint density at radius 3 is 2.88 bits per heavy atom. The highest BCUT2D eigenvalue weighted by atomic mass is 32.1. The minimum absolute atomic E-state index is 0.144. The summed E-state index contributed by atoms with van der Waals surface area (Å²) < 4.78 is 13.4. The first kappa shape index (κ1) is 12.4. The normalized spacial score (nSPS) is 20.1. The van der Waals surface area contributed by atoms with Crippen molar-refractivity contribution < 1.29 is 9.18 Å². The van der Waals surface area contributed by atoms with Crippen molar-refractivity contribution >= 4 is 18.5 Å². The van der Waals surface area contributed by atoms with Gasteiger partial charge in [0, 0.05) is 19.5 Å². The molecule has 0 aromatic heterocycles. The van der Waals surface area contributed by atoms with E-state index in [1.54, 1.807) is 17.9 Å². The molecule has 0 N–H and O–H groups in total. The molecule has 1 atom stereocenters. The number of thiol groups is 1. The second-order valence-electron chi connectivity index (χ2n) is 4.61. The SMILES string of the molecule is Cc1ccc(CN2CC(CS)CC2=O)cc1F. The van der Waals surface area contributed by atoms with Crippen molar-refractivity contribution in [3.05, 3.63) is 35.1 Å². The van der Waals surface area contributed by atoms with Gasteiger partial charge in [-0.1, -0.05) is 12.1 Å². The highest BCUT2D eigenvalue weighted by molar-refractivity contribution is 7.80. The Morgan fingerprint density at radius 2 is 2.29 bits per heavy atom. The van der Waals surface area contributed by atoms with Crippen LogP contribution in [0.3, 0.4) is 0 Å². The van der Waals surface area contributed by atoms with Gasteiger partial charge in [0.2, 0.25) is 5.91 Å². The summed E-state index contributed by atoms with van der Waals surface area (Å²) >= 11 is 4.21. The van der Waals surface area contributed by atoms with Gasteiger partial charge in [0.05, 0.1) is 0 Å². The predicted octanol–water partition coefficient (Wildman–Crippen LogP) is 2.41. The molecular weight excluding hydrogens is 237 g/mol. The van der Waals surface area contributed by atoms with Crippen molar-refractivity contribution in [2.45, 2.75) is 19.9 Å². The van der Waals surface area contributed by atoms with Crippen LogP contribution in [0.4, 0.5) is 4.39 Å². The molecule has 1 amide bonds. The predicted molar refractivity (Wildman–Crippen MR) is 68.5 cm³/mol. The maximum absolute atomic E-state index is 13.4. The molecule has 0 aliphatic carbocycles. The van der Waals surface area contributed by atoms with Gasteiger partial charge in [-0.05, 0) is 35.8 Å². The number of likely N-dealkylation sites (tertiary alicyclic amines) is 1. The number of benzene rings is 1. The second kappa shape index (κ2) is 5.08. The lowest BCUT2D eigenvalue weighted by Crippen LogP contribution is -2.24. The van der Waals surface area contributed by atoms with Crippen molar-refractivity contribution in [1.29, 1.82) is 0 Å².